The van der Waals surface area contributed by atoms with Crippen molar-refractivity contribution >= 4 is 29.0 Å². The summed E-state index contributed by atoms with van der Waals surface area (Å²) in [6, 6.07) is 4.22. The maximum Gasteiger partial charge on any atom is 0.420 e. The molecule has 176 valence electrons. The molecule has 1 aliphatic heterocycles. The molecular formula is C23H27N3O7. The molecule has 1 unspecified atom stereocenters. The van der Waals surface area contributed by atoms with Crippen LogP contribution in [0.1, 0.15) is 51.6 Å². The lowest BCUT2D eigenvalue weighted by Gasteiger charge is -2.21. The van der Waals surface area contributed by atoms with E-state index in [4.69, 9.17) is 13.9 Å². The lowest BCUT2D eigenvalue weighted by atomic mass is 10.1. The Hall–Kier alpha value is -3.58. The number of aromatic nitrogens is 1. The Morgan fingerprint density at radius 2 is 2.09 bits per heavy atom. The minimum absolute atomic E-state index is 0.163. The lowest BCUT2D eigenvalue weighted by Crippen LogP contribution is -2.43. The van der Waals surface area contributed by atoms with E-state index in [1.807, 2.05) is 0 Å². The number of benzene rings is 1. The van der Waals surface area contributed by atoms with Crippen molar-refractivity contribution in [3.8, 4) is 11.8 Å². The molecule has 33 heavy (non-hydrogen) atoms. The van der Waals surface area contributed by atoms with Crippen LogP contribution in [0, 0.1) is 11.8 Å². The largest absolute Gasteiger partial charge is 0.444 e. The predicted octanol–water partition coefficient (Wildman–Crippen LogP) is 1.86. The fourth-order valence-electron chi connectivity index (χ4n) is 3.28. The van der Waals surface area contributed by atoms with Gasteiger partial charge in [0.25, 0.3) is 0 Å². The number of hydrogen-bond donors (Lipinski definition) is 2. The molecule has 2 heterocycles. The first-order valence-corrected chi connectivity index (χ1v) is 10.7. The number of nitrogens with one attached hydrogen (secondary N) is 2. The number of rotatable bonds is 6. The minimum Gasteiger partial charge on any atom is -0.444 e. The zero-order valence-corrected chi connectivity index (χ0v) is 18.9. The van der Waals surface area contributed by atoms with E-state index in [1.54, 1.807) is 39.0 Å². The normalized spacial score (nSPS) is 16.2. The topological polar surface area (TPSA) is 129 Å². The van der Waals surface area contributed by atoms with Crippen molar-refractivity contribution in [2.24, 2.45) is 0 Å². The molecule has 1 aromatic carbocycles. The molecule has 0 saturated carbocycles. The lowest BCUT2D eigenvalue weighted by molar-refractivity contribution is -0.135. The number of hydrogen-bond acceptors (Lipinski definition) is 7. The Bertz CT molecular complexity index is 1160. The van der Waals surface area contributed by atoms with Crippen molar-refractivity contribution in [2.75, 3.05) is 19.8 Å². The summed E-state index contributed by atoms with van der Waals surface area (Å²) >= 11 is 0. The Kier molecular flexibility index (Phi) is 7.55. The number of amides is 3. The van der Waals surface area contributed by atoms with Crippen LogP contribution in [-0.4, -0.2) is 47.8 Å². The van der Waals surface area contributed by atoms with Crippen LogP contribution in [0.2, 0.25) is 0 Å². The molecule has 1 saturated heterocycles. The summed E-state index contributed by atoms with van der Waals surface area (Å²) in [6.07, 6.45) is 0.559. The van der Waals surface area contributed by atoms with Gasteiger partial charge in [-0.2, -0.15) is 0 Å². The second kappa shape index (κ2) is 10.4. The van der Waals surface area contributed by atoms with Gasteiger partial charge >= 0.3 is 11.8 Å². The second-order valence-corrected chi connectivity index (χ2v) is 8.52. The van der Waals surface area contributed by atoms with Crippen molar-refractivity contribution in [2.45, 2.75) is 51.7 Å². The van der Waals surface area contributed by atoms with Gasteiger partial charge in [0, 0.05) is 25.1 Å². The summed E-state index contributed by atoms with van der Waals surface area (Å²) in [5.74, 6) is 4.29. The SMILES string of the molecule is CC(C)(C)OC(=O)NCCCOCC#Cc1ccc2c(c1)oc(=O)n2C1CCC(=O)NC1=O. The smallest absolute Gasteiger partial charge is 0.420 e. The second-order valence-electron chi connectivity index (χ2n) is 8.52. The first-order chi connectivity index (χ1) is 15.6. The zero-order chi connectivity index (χ0) is 24.0. The number of alkyl carbamates (subject to hydrolysis) is 1. The van der Waals surface area contributed by atoms with Crippen LogP contribution in [0.25, 0.3) is 11.1 Å². The van der Waals surface area contributed by atoms with Gasteiger partial charge in [0.1, 0.15) is 18.2 Å². The Balaban J connectivity index is 1.50. The number of fused-ring (bicyclic) bond motifs is 1. The molecule has 10 nitrogen and oxygen atoms in total. The monoisotopic (exact) mass is 457 g/mol. The Morgan fingerprint density at radius 3 is 2.82 bits per heavy atom. The molecule has 1 fully saturated rings. The van der Waals surface area contributed by atoms with Gasteiger partial charge in [-0.15, -0.1) is 0 Å². The number of piperidine rings is 1. The molecule has 2 aromatic rings. The van der Waals surface area contributed by atoms with E-state index in [9.17, 15) is 19.2 Å². The van der Waals surface area contributed by atoms with E-state index >= 15 is 0 Å². The van der Waals surface area contributed by atoms with Gasteiger partial charge in [0.2, 0.25) is 11.8 Å². The van der Waals surface area contributed by atoms with Gasteiger partial charge in [-0.25, -0.2) is 9.59 Å². The van der Waals surface area contributed by atoms with Gasteiger partial charge in [0.15, 0.2) is 5.58 Å². The number of carbonyl (C=O) groups excluding carboxylic acids is 3. The highest BCUT2D eigenvalue weighted by Gasteiger charge is 2.31. The number of imide groups is 1. The molecule has 0 spiro atoms. The average Bonchev–Trinajstić information content (AvgIpc) is 3.03. The number of ether oxygens (including phenoxy) is 2. The molecule has 2 N–H and O–H groups in total. The van der Waals surface area contributed by atoms with E-state index in [2.05, 4.69) is 22.5 Å². The van der Waals surface area contributed by atoms with E-state index in [-0.39, 0.29) is 25.4 Å². The standard InChI is InChI=1S/C23H27N3O7/c1-23(2,3)33-21(29)24-11-5-13-31-12-4-6-15-7-8-16-18(14-15)32-22(30)26(16)17-9-10-19(27)25-20(17)28/h7-8,14,17H,5,9-13H2,1-3H3,(H,24,29)(H,25,27,28). The van der Waals surface area contributed by atoms with Gasteiger partial charge in [-0.05, 0) is 51.8 Å². The third-order valence-electron chi connectivity index (χ3n) is 4.68. The van der Waals surface area contributed by atoms with Gasteiger partial charge in [-0.3, -0.25) is 19.5 Å². The summed E-state index contributed by atoms with van der Waals surface area (Å²) < 4.78 is 17.1. The zero-order valence-electron chi connectivity index (χ0n) is 18.9. The number of nitrogens with zero attached hydrogens (tertiary/aromatic N) is 1. The van der Waals surface area contributed by atoms with Crippen LogP contribution >= 0.6 is 0 Å². The van der Waals surface area contributed by atoms with E-state index in [0.29, 0.717) is 36.2 Å². The average molecular weight is 457 g/mol. The van der Waals surface area contributed by atoms with Crippen molar-refractivity contribution < 1.29 is 28.3 Å². The molecule has 1 atom stereocenters. The van der Waals surface area contributed by atoms with Crippen LogP contribution in [0.15, 0.2) is 27.4 Å². The highest BCUT2D eigenvalue weighted by Crippen LogP contribution is 2.23. The third-order valence-corrected chi connectivity index (χ3v) is 4.68. The van der Waals surface area contributed by atoms with Crippen LogP contribution in [0.5, 0.6) is 0 Å². The Labute approximate surface area is 190 Å². The molecule has 3 rings (SSSR count). The van der Waals surface area contributed by atoms with Crippen molar-refractivity contribution in [3.63, 3.8) is 0 Å². The maximum atomic E-state index is 12.3. The molecule has 10 heteroatoms. The molecule has 3 amide bonds. The highest BCUT2D eigenvalue weighted by molar-refractivity contribution is 6.00. The van der Waals surface area contributed by atoms with E-state index in [1.165, 1.54) is 4.57 Å². The summed E-state index contributed by atoms with van der Waals surface area (Å²) in [7, 11) is 0. The van der Waals surface area contributed by atoms with E-state index in [0.717, 1.165) is 0 Å². The van der Waals surface area contributed by atoms with Crippen molar-refractivity contribution in [3.05, 3.63) is 34.3 Å². The summed E-state index contributed by atoms with van der Waals surface area (Å²) in [5.41, 5.74) is 0.872. The molecular weight excluding hydrogens is 430 g/mol. The van der Waals surface area contributed by atoms with Crippen molar-refractivity contribution in [1.29, 1.82) is 0 Å². The number of oxazole rings is 1. The van der Waals surface area contributed by atoms with Crippen LogP contribution in [-0.2, 0) is 19.1 Å². The summed E-state index contributed by atoms with van der Waals surface area (Å²) in [5, 5.41) is 4.90. The van der Waals surface area contributed by atoms with E-state index < -0.39 is 29.4 Å². The first kappa shape index (κ1) is 24.1. The molecule has 1 aromatic heterocycles. The van der Waals surface area contributed by atoms with Gasteiger partial charge in [-0.1, -0.05) is 11.8 Å². The third kappa shape index (κ3) is 6.70. The summed E-state index contributed by atoms with van der Waals surface area (Å²) in [6.45, 7) is 6.45. The molecule has 0 bridgehead atoms. The van der Waals surface area contributed by atoms with Gasteiger partial charge < -0.3 is 19.2 Å². The number of carbonyl (C=O) groups is 3. The van der Waals surface area contributed by atoms with Crippen LogP contribution in [0.3, 0.4) is 0 Å². The highest BCUT2D eigenvalue weighted by atomic mass is 16.6. The van der Waals surface area contributed by atoms with Crippen molar-refractivity contribution in [1.82, 2.24) is 15.2 Å². The molecule has 0 radical (unpaired) electrons. The van der Waals surface area contributed by atoms with Crippen LogP contribution < -0.4 is 16.4 Å². The first-order valence-electron chi connectivity index (χ1n) is 10.7. The van der Waals surface area contributed by atoms with Gasteiger partial charge in [0.05, 0.1) is 5.52 Å². The molecule has 1 aliphatic rings. The Morgan fingerprint density at radius 1 is 1.30 bits per heavy atom. The quantitative estimate of drug-likeness (QED) is 0.385. The fraction of sp³-hybridized carbons (Fsp3) is 0.478. The summed E-state index contributed by atoms with van der Waals surface area (Å²) in [4.78, 5) is 47.3. The minimum atomic E-state index is -0.786. The molecule has 0 aliphatic carbocycles. The predicted molar refractivity (Wildman–Crippen MR) is 118 cm³/mol. The maximum absolute atomic E-state index is 12.3. The fourth-order valence-corrected chi connectivity index (χ4v) is 3.28. The van der Waals surface area contributed by atoms with Crippen LogP contribution in [0.4, 0.5) is 4.79 Å².